The smallest absolute Gasteiger partial charge is 0.143 e. The highest BCUT2D eigenvalue weighted by atomic mass is 19.1. The molecule has 0 fully saturated rings. The highest BCUT2D eigenvalue weighted by Gasteiger charge is 2.13. The van der Waals surface area contributed by atoms with E-state index in [2.05, 4.69) is 9.97 Å². The number of H-pyrrole nitrogens is 1. The monoisotopic (exact) mass is 361 g/mol. The Hall–Kier alpha value is -3.18. The van der Waals surface area contributed by atoms with Crippen molar-refractivity contribution in [2.75, 3.05) is 6.54 Å². The number of hydrogen-bond donors (Lipinski definition) is 2. The third-order valence-electron chi connectivity index (χ3n) is 4.52. The summed E-state index contributed by atoms with van der Waals surface area (Å²) in [5.41, 5.74) is 9.57. The molecule has 5 heteroatoms. The van der Waals surface area contributed by atoms with Crippen molar-refractivity contribution >= 4 is 10.9 Å². The molecule has 136 valence electrons. The van der Waals surface area contributed by atoms with Gasteiger partial charge in [0.15, 0.2) is 0 Å². The summed E-state index contributed by atoms with van der Waals surface area (Å²) in [4.78, 5) is 7.51. The van der Waals surface area contributed by atoms with Gasteiger partial charge in [-0.15, -0.1) is 0 Å². The predicted octanol–water partition coefficient (Wildman–Crippen LogP) is 4.32. The van der Waals surface area contributed by atoms with Crippen LogP contribution >= 0.6 is 0 Å². The quantitative estimate of drug-likeness (QED) is 0.538. The van der Waals surface area contributed by atoms with Gasteiger partial charge < -0.3 is 15.5 Å². The fourth-order valence-electron chi connectivity index (χ4n) is 3.20. The average molecular weight is 361 g/mol. The van der Waals surface area contributed by atoms with Gasteiger partial charge in [0.05, 0.1) is 5.52 Å². The number of nitrogens with zero attached hydrogens (tertiary/aromatic N) is 1. The lowest BCUT2D eigenvalue weighted by Gasteiger charge is -2.18. The van der Waals surface area contributed by atoms with Crippen LogP contribution in [0.25, 0.3) is 22.0 Å². The summed E-state index contributed by atoms with van der Waals surface area (Å²) in [7, 11) is 0. The summed E-state index contributed by atoms with van der Waals surface area (Å²) in [6.07, 6.45) is 5.84. The lowest BCUT2D eigenvalue weighted by Crippen LogP contribution is -2.29. The van der Waals surface area contributed by atoms with E-state index in [4.69, 9.17) is 10.5 Å². The molecule has 0 saturated carbocycles. The largest absolute Gasteiger partial charge is 0.487 e. The van der Waals surface area contributed by atoms with Crippen LogP contribution in [0.1, 0.15) is 5.56 Å². The molecule has 1 atom stereocenters. The van der Waals surface area contributed by atoms with Crippen molar-refractivity contribution in [1.82, 2.24) is 9.97 Å². The van der Waals surface area contributed by atoms with Gasteiger partial charge in [-0.3, -0.25) is 4.98 Å². The lowest BCUT2D eigenvalue weighted by atomic mass is 10.0. The predicted molar refractivity (Wildman–Crippen MR) is 105 cm³/mol. The van der Waals surface area contributed by atoms with Gasteiger partial charge in [-0.2, -0.15) is 0 Å². The molecule has 1 unspecified atom stereocenters. The number of aromatic amines is 1. The highest BCUT2D eigenvalue weighted by Crippen LogP contribution is 2.26. The zero-order chi connectivity index (χ0) is 18.6. The SMILES string of the molecule is NCC(Cc1cncc(-c2cccc(F)c2)c1)Oc1cccc2cc[nH]c12. The summed E-state index contributed by atoms with van der Waals surface area (Å²) in [6, 6.07) is 16.4. The van der Waals surface area contributed by atoms with Crippen molar-refractivity contribution in [3.63, 3.8) is 0 Å². The molecule has 0 spiro atoms. The van der Waals surface area contributed by atoms with Crippen molar-refractivity contribution in [2.45, 2.75) is 12.5 Å². The molecule has 2 aromatic carbocycles. The van der Waals surface area contributed by atoms with E-state index in [-0.39, 0.29) is 11.9 Å². The van der Waals surface area contributed by atoms with Gasteiger partial charge in [-0.25, -0.2) is 4.39 Å². The van der Waals surface area contributed by atoms with Gasteiger partial charge in [0, 0.05) is 42.5 Å². The van der Waals surface area contributed by atoms with Gasteiger partial charge in [0.1, 0.15) is 17.7 Å². The third kappa shape index (κ3) is 3.83. The van der Waals surface area contributed by atoms with Gasteiger partial charge >= 0.3 is 0 Å². The average Bonchev–Trinajstić information content (AvgIpc) is 3.17. The molecule has 0 radical (unpaired) electrons. The lowest BCUT2D eigenvalue weighted by molar-refractivity contribution is 0.212. The second kappa shape index (κ2) is 7.60. The number of benzene rings is 2. The van der Waals surface area contributed by atoms with Crippen molar-refractivity contribution < 1.29 is 9.13 Å². The molecule has 2 heterocycles. The standard InChI is InChI=1S/C22H20FN3O/c23-19-5-1-4-17(11-19)18-9-15(13-25-14-18)10-20(12-24)27-21-6-2-3-16-7-8-26-22(16)21/h1-9,11,13-14,20,26H,10,12,24H2. The Kier molecular flexibility index (Phi) is 4.85. The van der Waals surface area contributed by atoms with Crippen LogP contribution in [0.15, 0.2) is 73.2 Å². The van der Waals surface area contributed by atoms with E-state index in [1.807, 2.05) is 42.6 Å². The number of pyridine rings is 1. The van der Waals surface area contributed by atoms with Gasteiger partial charge in [0.25, 0.3) is 0 Å². The van der Waals surface area contributed by atoms with Crippen molar-refractivity contribution in [3.8, 4) is 16.9 Å². The van der Waals surface area contributed by atoms with Crippen LogP contribution in [0.5, 0.6) is 5.75 Å². The number of para-hydroxylation sites is 1. The summed E-state index contributed by atoms with van der Waals surface area (Å²) in [5, 5.41) is 1.10. The number of halogens is 1. The minimum Gasteiger partial charge on any atom is -0.487 e. The maximum Gasteiger partial charge on any atom is 0.143 e. The number of aromatic nitrogens is 2. The number of fused-ring (bicyclic) bond motifs is 1. The second-order valence-electron chi connectivity index (χ2n) is 6.47. The molecule has 4 aromatic rings. The highest BCUT2D eigenvalue weighted by molar-refractivity contribution is 5.85. The van der Waals surface area contributed by atoms with E-state index in [1.54, 1.807) is 18.5 Å². The number of nitrogens with two attached hydrogens (primary N) is 1. The van der Waals surface area contributed by atoms with Crippen LogP contribution in [0.3, 0.4) is 0 Å². The third-order valence-corrected chi connectivity index (χ3v) is 4.52. The number of hydrogen-bond acceptors (Lipinski definition) is 3. The van der Waals surface area contributed by atoms with Crippen molar-refractivity contribution in [3.05, 3.63) is 84.6 Å². The Balaban J connectivity index is 1.55. The van der Waals surface area contributed by atoms with Crippen LogP contribution in [0.2, 0.25) is 0 Å². The minimum absolute atomic E-state index is 0.191. The molecule has 0 bridgehead atoms. The van der Waals surface area contributed by atoms with E-state index in [1.165, 1.54) is 12.1 Å². The number of ether oxygens (including phenoxy) is 1. The van der Waals surface area contributed by atoms with Gasteiger partial charge in [-0.1, -0.05) is 24.3 Å². The first-order valence-corrected chi connectivity index (χ1v) is 8.85. The Morgan fingerprint density at radius 1 is 1.04 bits per heavy atom. The van der Waals surface area contributed by atoms with E-state index < -0.39 is 0 Å². The van der Waals surface area contributed by atoms with Crippen LogP contribution in [0, 0.1) is 5.82 Å². The number of nitrogens with one attached hydrogen (secondary N) is 1. The molecule has 0 aliphatic rings. The molecule has 3 N–H and O–H groups in total. The zero-order valence-electron chi connectivity index (χ0n) is 14.7. The molecule has 27 heavy (non-hydrogen) atoms. The van der Waals surface area contributed by atoms with Gasteiger partial charge in [0.2, 0.25) is 0 Å². The molecule has 0 aliphatic carbocycles. The molecule has 0 saturated heterocycles. The first-order valence-electron chi connectivity index (χ1n) is 8.85. The van der Waals surface area contributed by atoms with Crippen LogP contribution in [0.4, 0.5) is 4.39 Å². The molecule has 0 amide bonds. The van der Waals surface area contributed by atoms with Crippen LogP contribution in [-0.4, -0.2) is 22.6 Å². The Morgan fingerprint density at radius 3 is 2.78 bits per heavy atom. The van der Waals surface area contributed by atoms with Gasteiger partial charge in [-0.05, 0) is 41.5 Å². The molecule has 0 aliphatic heterocycles. The fourth-order valence-corrected chi connectivity index (χ4v) is 3.20. The summed E-state index contributed by atoms with van der Waals surface area (Å²) in [5.74, 6) is 0.516. The van der Waals surface area contributed by atoms with E-state index in [0.29, 0.717) is 13.0 Å². The first-order chi connectivity index (χ1) is 13.2. The molecule has 4 nitrogen and oxygen atoms in total. The van der Waals surface area contributed by atoms with Crippen molar-refractivity contribution in [1.29, 1.82) is 0 Å². The number of rotatable bonds is 6. The topological polar surface area (TPSA) is 63.9 Å². The fraction of sp³-hybridized carbons (Fsp3) is 0.136. The molecular formula is C22H20FN3O. The Bertz CT molecular complexity index is 1060. The van der Waals surface area contributed by atoms with E-state index >= 15 is 0 Å². The molecule has 2 aromatic heterocycles. The maximum absolute atomic E-state index is 13.5. The van der Waals surface area contributed by atoms with Crippen LogP contribution in [-0.2, 0) is 6.42 Å². The van der Waals surface area contributed by atoms with E-state index in [0.717, 1.165) is 33.3 Å². The van der Waals surface area contributed by atoms with E-state index in [9.17, 15) is 4.39 Å². The Labute approximate surface area is 156 Å². The Morgan fingerprint density at radius 2 is 1.93 bits per heavy atom. The van der Waals surface area contributed by atoms with Crippen LogP contribution < -0.4 is 10.5 Å². The summed E-state index contributed by atoms with van der Waals surface area (Å²) < 4.78 is 19.7. The second-order valence-corrected chi connectivity index (χ2v) is 6.47. The normalized spacial score (nSPS) is 12.2. The molecule has 4 rings (SSSR count). The zero-order valence-corrected chi connectivity index (χ0v) is 14.7. The molecular weight excluding hydrogens is 341 g/mol. The minimum atomic E-state index is -0.264. The summed E-state index contributed by atoms with van der Waals surface area (Å²) in [6.45, 7) is 0.376. The van der Waals surface area contributed by atoms with Crippen molar-refractivity contribution in [2.24, 2.45) is 5.73 Å². The maximum atomic E-state index is 13.5. The first kappa shape index (κ1) is 17.2. The summed E-state index contributed by atoms with van der Waals surface area (Å²) >= 11 is 0.